The Hall–Kier alpha value is -2.33. The fourth-order valence-corrected chi connectivity index (χ4v) is 2.24. The number of carbonyl (C=O) groups is 1. The van der Waals surface area contributed by atoms with Crippen molar-refractivity contribution in [1.82, 2.24) is 10.1 Å². The van der Waals surface area contributed by atoms with E-state index in [1.54, 1.807) is 23.1 Å². The molecule has 5 heteroatoms. The van der Waals surface area contributed by atoms with E-state index in [9.17, 15) is 4.79 Å². The fourth-order valence-electron chi connectivity index (χ4n) is 2.04. The minimum atomic E-state index is -0.238. The standard InChI is InChI=1S/C17H17ClN2O2/c1-3-9-20(10-4-2)17(21)16-12-14(19-22-16)11-13-7-5-6-8-15(13)18/h3-8,12H,1-2,9-11H2. The summed E-state index contributed by atoms with van der Waals surface area (Å²) in [5, 5.41) is 4.61. The third-order valence-electron chi connectivity index (χ3n) is 3.09. The maximum absolute atomic E-state index is 12.3. The van der Waals surface area contributed by atoms with E-state index in [1.807, 2.05) is 24.3 Å². The Morgan fingerprint density at radius 2 is 1.95 bits per heavy atom. The van der Waals surface area contributed by atoms with Crippen LogP contribution in [0, 0.1) is 0 Å². The second-order valence-electron chi connectivity index (χ2n) is 4.74. The van der Waals surface area contributed by atoms with Gasteiger partial charge in [-0.25, -0.2) is 0 Å². The lowest BCUT2D eigenvalue weighted by Gasteiger charge is -2.16. The summed E-state index contributed by atoms with van der Waals surface area (Å²) in [6.07, 6.45) is 3.82. The molecule has 0 aliphatic rings. The van der Waals surface area contributed by atoms with Crippen molar-refractivity contribution in [2.45, 2.75) is 6.42 Å². The van der Waals surface area contributed by atoms with Gasteiger partial charge in [0.1, 0.15) is 0 Å². The lowest BCUT2D eigenvalue weighted by Crippen LogP contribution is -2.30. The van der Waals surface area contributed by atoms with Crippen LogP contribution in [0.5, 0.6) is 0 Å². The van der Waals surface area contributed by atoms with E-state index in [0.29, 0.717) is 30.2 Å². The Labute approximate surface area is 134 Å². The summed E-state index contributed by atoms with van der Waals surface area (Å²) in [5.74, 6) is -0.0385. The second-order valence-corrected chi connectivity index (χ2v) is 5.15. The average molecular weight is 317 g/mol. The van der Waals surface area contributed by atoms with E-state index in [2.05, 4.69) is 18.3 Å². The summed E-state index contributed by atoms with van der Waals surface area (Å²) in [6, 6.07) is 9.15. The van der Waals surface area contributed by atoms with Crippen molar-refractivity contribution < 1.29 is 9.32 Å². The van der Waals surface area contributed by atoms with E-state index < -0.39 is 0 Å². The molecule has 4 nitrogen and oxygen atoms in total. The minimum absolute atomic E-state index is 0.200. The smallest absolute Gasteiger partial charge is 0.293 e. The maximum Gasteiger partial charge on any atom is 0.293 e. The molecule has 0 atom stereocenters. The Morgan fingerprint density at radius 3 is 2.59 bits per heavy atom. The Morgan fingerprint density at radius 1 is 1.27 bits per heavy atom. The van der Waals surface area contributed by atoms with Gasteiger partial charge in [-0.3, -0.25) is 4.79 Å². The molecule has 0 radical (unpaired) electrons. The lowest BCUT2D eigenvalue weighted by molar-refractivity contribution is 0.0749. The highest BCUT2D eigenvalue weighted by Crippen LogP contribution is 2.19. The summed E-state index contributed by atoms with van der Waals surface area (Å²) in [5.41, 5.74) is 1.60. The molecule has 114 valence electrons. The first-order chi connectivity index (χ1) is 10.7. The molecule has 22 heavy (non-hydrogen) atoms. The zero-order valence-electron chi connectivity index (χ0n) is 12.2. The van der Waals surface area contributed by atoms with Crippen molar-refractivity contribution in [2.75, 3.05) is 13.1 Å². The molecule has 1 amide bonds. The van der Waals surface area contributed by atoms with Crippen molar-refractivity contribution >= 4 is 17.5 Å². The number of hydrogen-bond acceptors (Lipinski definition) is 3. The van der Waals surface area contributed by atoms with Crippen LogP contribution < -0.4 is 0 Å². The molecular weight excluding hydrogens is 300 g/mol. The van der Waals surface area contributed by atoms with Crippen LogP contribution in [0.1, 0.15) is 21.8 Å². The van der Waals surface area contributed by atoms with Gasteiger partial charge in [0, 0.05) is 30.6 Å². The summed E-state index contributed by atoms with van der Waals surface area (Å²) >= 11 is 6.12. The van der Waals surface area contributed by atoms with E-state index in [0.717, 1.165) is 5.56 Å². The first-order valence-corrected chi connectivity index (χ1v) is 7.23. The molecule has 0 fully saturated rings. The van der Waals surface area contributed by atoms with Crippen LogP contribution >= 0.6 is 11.6 Å². The first kappa shape index (κ1) is 16.0. The summed E-state index contributed by atoms with van der Waals surface area (Å²) in [4.78, 5) is 13.9. The van der Waals surface area contributed by atoms with Crippen molar-refractivity contribution in [2.24, 2.45) is 0 Å². The summed E-state index contributed by atoms with van der Waals surface area (Å²) < 4.78 is 5.16. The minimum Gasteiger partial charge on any atom is -0.351 e. The molecule has 0 bridgehead atoms. The van der Waals surface area contributed by atoms with Crippen LogP contribution in [0.4, 0.5) is 0 Å². The third kappa shape index (κ3) is 3.86. The van der Waals surface area contributed by atoms with E-state index in [-0.39, 0.29) is 11.7 Å². The van der Waals surface area contributed by atoms with Gasteiger partial charge in [-0.15, -0.1) is 13.2 Å². The number of amides is 1. The van der Waals surface area contributed by atoms with Crippen molar-refractivity contribution in [3.05, 3.63) is 77.7 Å². The molecule has 0 spiro atoms. The zero-order valence-corrected chi connectivity index (χ0v) is 12.9. The topological polar surface area (TPSA) is 46.3 Å². The number of benzene rings is 1. The molecule has 0 aliphatic carbocycles. The summed E-state index contributed by atoms with van der Waals surface area (Å²) in [6.45, 7) is 8.12. The fraction of sp³-hybridized carbons (Fsp3) is 0.176. The number of aromatic nitrogens is 1. The van der Waals surface area contributed by atoms with E-state index >= 15 is 0 Å². The normalized spacial score (nSPS) is 10.2. The van der Waals surface area contributed by atoms with Gasteiger partial charge in [-0.2, -0.15) is 0 Å². The molecule has 1 aromatic heterocycles. The molecule has 0 N–H and O–H groups in total. The van der Waals surface area contributed by atoms with E-state index in [4.69, 9.17) is 16.1 Å². The predicted molar refractivity (Wildman–Crippen MR) is 87.1 cm³/mol. The number of rotatable bonds is 7. The van der Waals surface area contributed by atoms with Gasteiger partial charge in [-0.05, 0) is 11.6 Å². The number of hydrogen-bond donors (Lipinski definition) is 0. The number of carbonyl (C=O) groups excluding carboxylic acids is 1. The van der Waals surface area contributed by atoms with E-state index in [1.165, 1.54) is 0 Å². The molecule has 0 saturated heterocycles. The molecular formula is C17H17ClN2O2. The van der Waals surface area contributed by atoms with Gasteiger partial charge >= 0.3 is 0 Å². The monoisotopic (exact) mass is 316 g/mol. The molecule has 0 aliphatic heterocycles. The van der Waals surface area contributed by atoms with Gasteiger partial charge in [0.2, 0.25) is 5.76 Å². The van der Waals surface area contributed by atoms with Crippen LogP contribution in [-0.4, -0.2) is 29.1 Å². The van der Waals surface area contributed by atoms with Gasteiger partial charge in [0.25, 0.3) is 5.91 Å². The molecule has 0 unspecified atom stereocenters. The van der Waals surface area contributed by atoms with Crippen LogP contribution in [-0.2, 0) is 6.42 Å². The highest BCUT2D eigenvalue weighted by atomic mass is 35.5. The van der Waals surface area contributed by atoms with Crippen LogP contribution in [0.15, 0.2) is 60.2 Å². The Balaban J connectivity index is 2.13. The van der Waals surface area contributed by atoms with Gasteiger partial charge in [0.15, 0.2) is 0 Å². The molecule has 1 heterocycles. The maximum atomic E-state index is 12.3. The van der Waals surface area contributed by atoms with Crippen LogP contribution in [0.3, 0.4) is 0 Å². The first-order valence-electron chi connectivity index (χ1n) is 6.85. The Kier molecular flexibility index (Phi) is 5.55. The van der Waals surface area contributed by atoms with Crippen molar-refractivity contribution in [1.29, 1.82) is 0 Å². The predicted octanol–water partition coefficient (Wildman–Crippen LogP) is 3.73. The highest BCUT2D eigenvalue weighted by molar-refractivity contribution is 6.31. The quantitative estimate of drug-likeness (QED) is 0.731. The van der Waals surface area contributed by atoms with Gasteiger partial charge in [0.05, 0.1) is 5.69 Å². The Bertz CT molecular complexity index is 669. The highest BCUT2D eigenvalue weighted by Gasteiger charge is 2.19. The molecule has 2 rings (SSSR count). The van der Waals surface area contributed by atoms with Gasteiger partial charge in [-0.1, -0.05) is 47.1 Å². The number of halogens is 1. The molecule has 2 aromatic rings. The lowest BCUT2D eigenvalue weighted by atomic mass is 10.1. The SMILES string of the molecule is C=CCN(CC=C)C(=O)c1cc(Cc2ccccc2Cl)no1. The third-order valence-corrected chi connectivity index (χ3v) is 3.45. The van der Waals surface area contributed by atoms with Crippen molar-refractivity contribution in [3.63, 3.8) is 0 Å². The molecule has 1 aromatic carbocycles. The number of nitrogens with zero attached hydrogens (tertiary/aromatic N) is 2. The van der Waals surface area contributed by atoms with Crippen LogP contribution in [0.25, 0.3) is 0 Å². The average Bonchev–Trinajstić information content (AvgIpc) is 2.97. The summed E-state index contributed by atoms with van der Waals surface area (Å²) in [7, 11) is 0. The second kappa shape index (κ2) is 7.61. The van der Waals surface area contributed by atoms with Crippen LogP contribution in [0.2, 0.25) is 5.02 Å². The van der Waals surface area contributed by atoms with Crippen molar-refractivity contribution in [3.8, 4) is 0 Å². The zero-order chi connectivity index (χ0) is 15.9. The van der Waals surface area contributed by atoms with Gasteiger partial charge < -0.3 is 9.42 Å². The molecule has 0 saturated carbocycles. The largest absolute Gasteiger partial charge is 0.351 e.